The predicted octanol–water partition coefficient (Wildman–Crippen LogP) is 1.44. The molecule has 118 valence electrons. The third kappa shape index (κ3) is 3.24. The molecule has 0 radical (unpaired) electrons. The number of hydrogen-bond acceptors (Lipinski definition) is 6. The molecule has 6 nitrogen and oxygen atoms in total. The van der Waals surface area contributed by atoms with E-state index < -0.39 is 5.60 Å². The zero-order valence-corrected chi connectivity index (χ0v) is 13.7. The summed E-state index contributed by atoms with van der Waals surface area (Å²) in [5, 5.41) is 13.6. The number of aliphatic hydroxyl groups is 1. The lowest BCUT2D eigenvalue weighted by atomic mass is 10.1. The molecule has 1 aromatic heterocycles. The van der Waals surface area contributed by atoms with Crippen molar-refractivity contribution >= 4 is 27.9 Å². The van der Waals surface area contributed by atoms with Crippen LogP contribution in [0.15, 0.2) is 0 Å². The summed E-state index contributed by atoms with van der Waals surface area (Å²) >= 11 is 1.31. The van der Waals surface area contributed by atoms with Crippen LogP contribution in [0.4, 0.5) is 10.7 Å². The number of rotatable bonds is 4. The Morgan fingerprint density at radius 2 is 2.24 bits per heavy atom. The van der Waals surface area contributed by atoms with Crippen molar-refractivity contribution in [2.45, 2.75) is 38.9 Å². The summed E-state index contributed by atoms with van der Waals surface area (Å²) in [7, 11) is 1.57. The molecule has 1 saturated heterocycles. The van der Waals surface area contributed by atoms with Crippen LogP contribution in [0.2, 0.25) is 0 Å². The van der Waals surface area contributed by atoms with Crippen LogP contribution in [0, 0.1) is 0 Å². The Morgan fingerprint density at radius 1 is 1.57 bits per heavy atom. The van der Waals surface area contributed by atoms with Crippen LogP contribution in [0.25, 0.3) is 0 Å². The molecule has 1 fully saturated rings. The molecule has 1 aliphatic heterocycles. The number of thiophene rings is 1. The van der Waals surface area contributed by atoms with Gasteiger partial charge in [0.25, 0.3) is 5.91 Å². The van der Waals surface area contributed by atoms with Gasteiger partial charge in [0, 0.05) is 20.1 Å². The highest BCUT2D eigenvalue weighted by molar-refractivity contribution is 7.19. The highest BCUT2D eigenvalue weighted by atomic mass is 32.1. The first kappa shape index (κ1) is 15.9. The fraction of sp³-hybridized carbons (Fsp3) is 0.643. The van der Waals surface area contributed by atoms with E-state index in [-0.39, 0.29) is 12.0 Å². The van der Waals surface area contributed by atoms with Gasteiger partial charge in [0.05, 0.1) is 11.7 Å². The number of nitrogen functional groups attached to an aromatic ring is 1. The topological polar surface area (TPSA) is 87.8 Å². The van der Waals surface area contributed by atoms with E-state index in [9.17, 15) is 9.90 Å². The number of nitrogens with one attached hydrogen (secondary N) is 1. The lowest BCUT2D eigenvalue weighted by Crippen LogP contribution is -2.29. The molecule has 0 aromatic carbocycles. The molecule has 1 amide bonds. The molecule has 21 heavy (non-hydrogen) atoms. The van der Waals surface area contributed by atoms with Gasteiger partial charge in [-0.1, -0.05) is 0 Å². The minimum atomic E-state index is -0.721. The Morgan fingerprint density at radius 3 is 2.71 bits per heavy atom. The zero-order valence-electron chi connectivity index (χ0n) is 12.9. The average molecular weight is 313 g/mol. The maximum atomic E-state index is 11.9. The molecular formula is C14H23N3O3S. The van der Waals surface area contributed by atoms with Crippen molar-refractivity contribution < 1.29 is 14.6 Å². The quantitative estimate of drug-likeness (QED) is 0.783. The van der Waals surface area contributed by atoms with Gasteiger partial charge in [-0.05, 0) is 27.2 Å². The number of nitrogens with two attached hydrogens (primary N) is 1. The lowest BCUT2D eigenvalue weighted by molar-refractivity contribution is 0.0839. The SMILES string of the molecule is CNC(=O)c1sc(N2CCC(C)(O)C2)c(OC(C)C)c1N. The summed E-state index contributed by atoms with van der Waals surface area (Å²) in [5.74, 6) is 0.328. The number of hydrogen-bond donors (Lipinski definition) is 3. The number of anilines is 2. The Hall–Kier alpha value is -1.47. The van der Waals surface area contributed by atoms with Crippen LogP contribution in [-0.2, 0) is 0 Å². The standard InChI is InChI=1S/C14H23N3O3S/c1-8(2)20-10-9(15)11(12(18)16-4)21-13(10)17-6-5-14(3,19)7-17/h8,19H,5-7,15H2,1-4H3,(H,16,18). The Labute approximate surface area is 128 Å². The van der Waals surface area contributed by atoms with Crippen LogP contribution in [0.5, 0.6) is 5.75 Å². The normalized spacial score (nSPS) is 21.9. The molecule has 1 atom stereocenters. The molecule has 2 heterocycles. The molecule has 0 aliphatic carbocycles. The van der Waals surface area contributed by atoms with E-state index in [1.807, 2.05) is 25.7 Å². The summed E-state index contributed by atoms with van der Waals surface area (Å²) in [5.41, 5.74) is 5.75. The number of carbonyl (C=O) groups excluding carboxylic acids is 1. The van der Waals surface area contributed by atoms with Gasteiger partial charge in [0.15, 0.2) is 5.75 Å². The minimum absolute atomic E-state index is 0.0405. The van der Waals surface area contributed by atoms with Crippen LogP contribution in [-0.4, -0.2) is 42.9 Å². The summed E-state index contributed by atoms with van der Waals surface area (Å²) < 4.78 is 5.81. The van der Waals surface area contributed by atoms with Gasteiger partial charge in [0.2, 0.25) is 0 Å². The maximum absolute atomic E-state index is 11.9. The van der Waals surface area contributed by atoms with E-state index in [2.05, 4.69) is 5.32 Å². The fourth-order valence-corrected chi connectivity index (χ4v) is 3.50. The minimum Gasteiger partial charge on any atom is -0.486 e. The smallest absolute Gasteiger partial charge is 0.263 e. The highest BCUT2D eigenvalue weighted by Gasteiger charge is 2.35. The van der Waals surface area contributed by atoms with Crippen molar-refractivity contribution in [2.24, 2.45) is 0 Å². The number of carbonyl (C=O) groups is 1. The second-order valence-corrected chi connectivity index (χ2v) is 6.89. The molecular weight excluding hydrogens is 290 g/mol. The summed E-state index contributed by atoms with van der Waals surface area (Å²) in [6.45, 7) is 6.87. The molecule has 0 spiro atoms. The van der Waals surface area contributed by atoms with Crippen molar-refractivity contribution in [1.29, 1.82) is 0 Å². The molecule has 0 bridgehead atoms. The van der Waals surface area contributed by atoms with Gasteiger partial charge in [-0.2, -0.15) is 0 Å². The van der Waals surface area contributed by atoms with E-state index in [4.69, 9.17) is 10.5 Å². The highest BCUT2D eigenvalue weighted by Crippen LogP contribution is 2.47. The molecule has 7 heteroatoms. The third-order valence-corrected chi connectivity index (χ3v) is 4.65. The Bertz CT molecular complexity index is 540. The van der Waals surface area contributed by atoms with E-state index >= 15 is 0 Å². The van der Waals surface area contributed by atoms with E-state index in [1.54, 1.807) is 7.05 Å². The van der Waals surface area contributed by atoms with Gasteiger partial charge in [-0.3, -0.25) is 4.79 Å². The fourth-order valence-electron chi connectivity index (χ4n) is 2.37. The summed E-state index contributed by atoms with van der Waals surface area (Å²) in [6, 6.07) is 0. The van der Waals surface area contributed by atoms with Crippen molar-refractivity contribution in [3.05, 3.63) is 4.88 Å². The lowest BCUT2D eigenvalue weighted by Gasteiger charge is -2.21. The summed E-state index contributed by atoms with van der Waals surface area (Å²) in [6.07, 6.45) is 0.641. The van der Waals surface area contributed by atoms with Crippen LogP contribution in [0.1, 0.15) is 36.9 Å². The van der Waals surface area contributed by atoms with Crippen LogP contribution < -0.4 is 20.7 Å². The van der Waals surface area contributed by atoms with E-state index in [0.717, 1.165) is 5.00 Å². The van der Waals surface area contributed by atoms with Crippen LogP contribution >= 0.6 is 11.3 Å². The largest absolute Gasteiger partial charge is 0.486 e. The van der Waals surface area contributed by atoms with Crippen LogP contribution in [0.3, 0.4) is 0 Å². The average Bonchev–Trinajstić information content (AvgIpc) is 2.90. The van der Waals surface area contributed by atoms with Gasteiger partial charge in [-0.25, -0.2) is 0 Å². The summed E-state index contributed by atoms with van der Waals surface area (Å²) in [4.78, 5) is 14.4. The number of amides is 1. The van der Waals surface area contributed by atoms with Crippen molar-refractivity contribution in [3.63, 3.8) is 0 Å². The van der Waals surface area contributed by atoms with E-state index in [1.165, 1.54) is 11.3 Å². The Balaban J connectivity index is 2.41. The van der Waals surface area contributed by atoms with Crippen molar-refractivity contribution in [2.75, 3.05) is 30.8 Å². The predicted molar refractivity (Wildman–Crippen MR) is 85.3 cm³/mol. The molecule has 1 aromatic rings. The van der Waals surface area contributed by atoms with Gasteiger partial charge >= 0.3 is 0 Å². The van der Waals surface area contributed by atoms with Crippen molar-refractivity contribution in [1.82, 2.24) is 5.32 Å². The van der Waals surface area contributed by atoms with Gasteiger partial charge < -0.3 is 25.8 Å². The molecule has 1 aliphatic rings. The van der Waals surface area contributed by atoms with E-state index in [0.29, 0.717) is 35.8 Å². The zero-order chi connectivity index (χ0) is 15.8. The Kier molecular flexibility index (Phi) is 4.34. The monoisotopic (exact) mass is 313 g/mol. The second kappa shape index (κ2) is 5.73. The maximum Gasteiger partial charge on any atom is 0.263 e. The molecule has 1 unspecified atom stereocenters. The number of ether oxygens (including phenoxy) is 1. The van der Waals surface area contributed by atoms with Crippen molar-refractivity contribution in [3.8, 4) is 5.75 Å². The number of β-amino-alcohol motifs (C(OH)–C–C–N with tert-alkyl or cyclic N) is 1. The van der Waals surface area contributed by atoms with Gasteiger partial charge in [-0.15, -0.1) is 11.3 Å². The first-order valence-corrected chi connectivity index (χ1v) is 7.85. The third-order valence-electron chi connectivity index (χ3n) is 3.41. The second-order valence-electron chi connectivity index (χ2n) is 5.89. The number of nitrogens with zero attached hydrogens (tertiary/aromatic N) is 1. The van der Waals surface area contributed by atoms with Gasteiger partial charge in [0.1, 0.15) is 15.6 Å². The first-order valence-electron chi connectivity index (χ1n) is 7.03. The molecule has 0 saturated carbocycles. The molecule has 4 N–H and O–H groups in total. The molecule has 2 rings (SSSR count). The first-order chi connectivity index (χ1) is 9.75.